The van der Waals surface area contributed by atoms with Crippen LogP contribution in [0.25, 0.3) is 5.57 Å². The second-order valence-electron chi connectivity index (χ2n) is 8.69. The van der Waals surface area contributed by atoms with Crippen molar-refractivity contribution in [1.82, 2.24) is 4.90 Å². The zero-order valence-corrected chi connectivity index (χ0v) is 19.2. The summed E-state index contributed by atoms with van der Waals surface area (Å²) in [5.74, 6) is -0.766. The van der Waals surface area contributed by atoms with Gasteiger partial charge in [-0.3, -0.25) is 19.3 Å². The zero-order chi connectivity index (χ0) is 23.8. The van der Waals surface area contributed by atoms with Gasteiger partial charge < -0.3 is 10.2 Å². The highest BCUT2D eigenvalue weighted by atomic mass is 16.2. The Bertz CT molecular complexity index is 1320. The number of hydrogen-bond donors (Lipinski definition) is 1. The molecule has 6 heteroatoms. The first-order valence-electron chi connectivity index (χ1n) is 11.3. The molecule has 3 aromatic rings. The summed E-state index contributed by atoms with van der Waals surface area (Å²) in [5, 5.41) is 2.74. The summed E-state index contributed by atoms with van der Waals surface area (Å²) in [7, 11) is 0. The number of para-hydroxylation sites is 1. The second-order valence-corrected chi connectivity index (χ2v) is 8.69. The molecule has 0 spiro atoms. The van der Waals surface area contributed by atoms with E-state index >= 15 is 0 Å². The number of fused-ring (bicyclic) bond motifs is 1. The highest BCUT2D eigenvalue weighted by Gasteiger charge is 2.43. The molecule has 0 atom stereocenters. The second kappa shape index (κ2) is 8.63. The summed E-state index contributed by atoms with van der Waals surface area (Å²) in [6, 6.07) is 22.9. The summed E-state index contributed by atoms with van der Waals surface area (Å²) in [4.78, 5) is 42.1. The molecule has 2 heterocycles. The maximum absolute atomic E-state index is 13.7. The van der Waals surface area contributed by atoms with E-state index in [4.69, 9.17) is 0 Å². The van der Waals surface area contributed by atoms with Crippen molar-refractivity contribution in [2.24, 2.45) is 0 Å². The van der Waals surface area contributed by atoms with E-state index in [1.165, 1.54) is 11.8 Å². The van der Waals surface area contributed by atoms with Gasteiger partial charge in [-0.2, -0.15) is 0 Å². The van der Waals surface area contributed by atoms with E-state index in [1.807, 2.05) is 54.3 Å². The zero-order valence-electron chi connectivity index (χ0n) is 19.2. The van der Waals surface area contributed by atoms with E-state index < -0.39 is 0 Å². The molecule has 2 aliphatic rings. The normalized spacial score (nSPS) is 15.2. The summed E-state index contributed by atoms with van der Waals surface area (Å²) >= 11 is 0. The Hall–Kier alpha value is -4.19. The lowest BCUT2D eigenvalue weighted by Crippen LogP contribution is -2.34. The van der Waals surface area contributed by atoms with E-state index in [9.17, 15) is 14.4 Å². The number of carbonyl (C=O) groups excluding carboxylic acids is 3. The third-order valence-corrected chi connectivity index (χ3v) is 6.26. The first kappa shape index (κ1) is 21.6. The highest BCUT2D eigenvalue weighted by Crippen LogP contribution is 2.39. The van der Waals surface area contributed by atoms with Crippen LogP contribution in [0.4, 0.5) is 11.4 Å². The minimum absolute atomic E-state index is 0.169. The third-order valence-electron chi connectivity index (χ3n) is 6.26. The summed E-state index contributed by atoms with van der Waals surface area (Å²) in [5.41, 5.74) is 6.23. The number of carbonyl (C=O) groups is 3. The van der Waals surface area contributed by atoms with Crippen molar-refractivity contribution in [2.45, 2.75) is 26.8 Å². The first-order valence-corrected chi connectivity index (χ1v) is 11.3. The largest absolute Gasteiger partial charge is 0.336 e. The fourth-order valence-corrected chi connectivity index (χ4v) is 4.59. The van der Waals surface area contributed by atoms with Gasteiger partial charge in [-0.25, -0.2) is 0 Å². The van der Waals surface area contributed by atoms with Crippen LogP contribution >= 0.6 is 0 Å². The molecule has 0 aliphatic carbocycles. The topological polar surface area (TPSA) is 69.7 Å². The number of anilines is 2. The molecule has 5 rings (SSSR count). The van der Waals surface area contributed by atoms with Crippen molar-refractivity contribution in [3.8, 4) is 0 Å². The van der Waals surface area contributed by atoms with Gasteiger partial charge in [0.1, 0.15) is 5.70 Å². The predicted octanol–water partition coefficient (Wildman–Crippen LogP) is 4.30. The van der Waals surface area contributed by atoms with Crippen LogP contribution in [0.3, 0.4) is 0 Å². The lowest BCUT2D eigenvalue weighted by Gasteiger charge is -2.22. The molecule has 0 aromatic heterocycles. The van der Waals surface area contributed by atoms with Gasteiger partial charge in [0.15, 0.2) is 0 Å². The Morgan fingerprint density at radius 2 is 1.62 bits per heavy atom. The molecule has 6 nitrogen and oxygen atoms in total. The molecule has 2 aliphatic heterocycles. The Balaban J connectivity index is 1.57. The van der Waals surface area contributed by atoms with Crippen molar-refractivity contribution in [2.75, 3.05) is 16.8 Å². The number of benzene rings is 3. The number of nitrogens with one attached hydrogen (secondary N) is 1. The molecule has 0 radical (unpaired) electrons. The number of rotatable bonds is 5. The van der Waals surface area contributed by atoms with Gasteiger partial charge in [-0.05, 0) is 48.2 Å². The van der Waals surface area contributed by atoms with Gasteiger partial charge in [-0.15, -0.1) is 0 Å². The molecular weight excluding hydrogens is 426 g/mol. The van der Waals surface area contributed by atoms with Crippen LogP contribution in [0.5, 0.6) is 0 Å². The Morgan fingerprint density at radius 3 is 2.32 bits per heavy atom. The average Bonchev–Trinajstić information content (AvgIpc) is 3.35. The van der Waals surface area contributed by atoms with Gasteiger partial charge in [0.05, 0.1) is 12.1 Å². The van der Waals surface area contributed by atoms with Crippen LogP contribution < -0.4 is 10.2 Å². The van der Waals surface area contributed by atoms with Crippen molar-refractivity contribution >= 4 is 34.7 Å². The quantitative estimate of drug-likeness (QED) is 0.588. The lowest BCUT2D eigenvalue weighted by atomic mass is 10.0. The minimum atomic E-state index is -0.308. The summed E-state index contributed by atoms with van der Waals surface area (Å²) < 4.78 is 0. The molecule has 0 fully saturated rings. The molecule has 170 valence electrons. The summed E-state index contributed by atoms with van der Waals surface area (Å²) in [6.07, 6.45) is 0.813. The van der Waals surface area contributed by atoms with Crippen LogP contribution in [-0.4, -0.2) is 29.2 Å². The fourth-order valence-electron chi connectivity index (χ4n) is 4.59. The van der Waals surface area contributed by atoms with E-state index in [-0.39, 0.29) is 24.3 Å². The van der Waals surface area contributed by atoms with Crippen LogP contribution in [-0.2, 0) is 27.3 Å². The van der Waals surface area contributed by atoms with Crippen LogP contribution in [0.15, 0.2) is 78.5 Å². The number of amides is 3. The number of hydrogen-bond acceptors (Lipinski definition) is 4. The number of nitrogens with zero attached hydrogens (tertiary/aromatic N) is 2. The SMILES string of the molecule is CC(=O)Nc1ccc(C2=C(N3CCc4ccccc43)C(=O)N(Cc3ccc(C)cc3)C2=O)cc1. The molecule has 0 saturated heterocycles. The molecular formula is C28H25N3O3. The van der Waals surface area contributed by atoms with E-state index in [1.54, 1.807) is 24.3 Å². The number of imide groups is 1. The standard InChI is InChI=1S/C28H25N3O3/c1-18-7-9-20(10-8-18)17-31-27(33)25(22-11-13-23(14-12-22)29-19(2)32)26(28(31)34)30-16-15-21-5-3-4-6-24(21)30/h3-14H,15-17H2,1-2H3,(H,29,32). The van der Waals surface area contributed by atoms with Crippen molar-refractivity contribution in [1.29, 1.82) is 0 Å². The van der Waals surface area contributed by atoms with E-state index in [0.717, 1.165) is 28.8 Å². The van der Waals surface area contributed by atoms with E-state index in [0.29, 0.717) is 29.1 Å². The van der Waals surface area contributed by atoms with Gasteiger partial charge in [0.2, 0.25) is 5.91 Å². The fraction of sp³-hybridized carbons (Fsp3) is 0.179. The third kappa shape index (κ3) is 3.88. The highest BCUT2D eigenvalue weighted by molar-refractivity contribution is 6.36. The first-order chi connectivity index (χ1) is 16.4. The molecule has 3 aromatic carbocycles. The van der Waals surface area contributed by atoms with Gasteiger partial charge >= 0.3 is 0 Å². The van der Waals surface area contributed by atoms with E-state index in [2.05, 4.69) is 11.4 Å². The van der Waals surface area contributed by atoms with Crippen LogP contribution in [0.1, 0.15) is 29.2 Å². The van der Waals surface area contributed by atoms with Crippen molar-refractivity contribution < 1.29 is 14.4 Å². The summed E-state index contributed by atoms with van der Waals surface area (Å²) in [6.45, 7) is 4.30. The average molecular weight is 452 g/mol. The van der Waals surface area contributed by atoms with Crippen molar-refractivity contribution in [3.05, 3.63) is 101 Å². The molecule has 34 heavy (non-hydrogen) atoms. The molecule has 0 unspecified atom stereocenters. The van der Waals surface area contributed by atoms with Crippen molar-refractivity contribution in [3.63, 3.8) is 0 Å². The molecule has 1 N–H and O–H groups in total. The Kier molecular flexibility index (Phi) is 5.49. The number of aryl methyl sites for hydroxylation is 1. The monoisotopic (exact) mass is 451 g/mol. The molecule has 0 saturated carbocycles. The maximum Gasteiger partial charge on any atom is 0.278 e. The smallest absolute Gasteiger partial charge is 0.278 e. The lowest BCUT2D eigenvalue weighted by molar-refractivity contribution is -0.137. The van der Waals surface area contributed by atoms with Crippen LogP contribution in [0.2, 0.25) is 0 Å². The minimum Gasteiger partial charge on any atom is -0.336 e. The van der Waals surface area contributed by atoms with Gasteiger partial charge in [0.25, 0.3) is 11.8 Å². The van der Waals surface area contributed by atoms with Crippen LogP contribution in [0, 0.1) is 6.92 Å². The Morgan fingerprint density at radius 1 is 0.912 bits per heavy atom. The molecule has 0 bridgehead atoms. The maximum atomic E-state index is 13.7. The molecule has 3 amide bonds. The van der Waals surface area contributed by atoms with Gasteiger partial charge in [-0.1, -0.05) is 60.2 Å². The van der Waals surface area contributed by atoms with Gasteiger partial charge in [0, 0.05) is 24.8 Å². The predicted molar refractivity (Wildman–Crippen MR) is 132 cm³/mol. The Labute approximate surface area is 198 Å².